The molecular formula is C30H62O16. The maximum absolute atomic E-state index is 9.33. The average molecular weight is 679 g/mol. The van der Waals surface area contributed by atoms with Crippen molar-refractivity contribution in [3.8, 4) is 0 Å². The molecule has 0 bridgehead atoms. The number of aliphatic hydroxyl groups excluding tert-OH is 2. The van der Waals surface area contributed by atoms with Crippen LogP contribution in [0.2, 0.25) is 0 Å². The Morgan fingerprint density at radius 2 is 0.522 bits per heavy atom. The van der Waals surface area contributed by atoms with Crippen LogP contribution in [0, 0.1) is 0 Å². The van der Waals surface area contributed by atoms with E-state index in [4.69, 9.17) is 71.4 Å². The van der Waals surface area contributed by atoms with Gasteiger partial charge in [0, 0.05) is 6.61 Å². The summed E-state index contributed by atoms with van der Waals surface area (Å²) < 4.78 is 74.9. The third-order valence-electron chi connectivity index (χ3n) is 5.32. The van der Waals surface area contributed by atoms with Gasteiger partial charge in [-0.15, -0.1) is 0 Å². The van der Waals surface area contributed by atoms with Crippen LogP contribution in [0.1, 0.15) is 6.92 Å². The first-order chi connectivity index (χ1) is 22.8. The van der Waals surface area contributed by atoms with Crippen LogP contribution in [0.15, 0.2) is 0 Å². The van der Waals surface area contributed by atoms with Gasteiger partial charge in [0.1, 0.15) is 0 Å². The van der Waals surface area contributed by atoms with E-state index in [0.717, 1.165) is 0 Å². The molecule has 16 heteroatoms. The Morgan fingerprint density at radius 1 is 0.326 bits per heavy atom. The summed E-state index contributed by atoms with van der Waals surface area (Å²) in [5.74, 6) is 0. The Bertz CT molecular complexity index is 537. The quantitative estimate of drug-likeness (QED) is 0.0628. The standard InChI is InChI=1S/C30H62O16/c1-2-46-30(32)29-45-28-27-44-26-25-43-24-23-42-22-21-41-20-19-40-18-17-39-16-15-38-14-13-37-12-11-36-10-9-35-8-7-34-6-5-33-4-3-31/h30-32H,2-29H2,1H3. The second-order valence-corrected chi connectivity index (χ2v) is 9.06. The molecule has 0 aliphatic carbocycles. The van der Waals surface area contributed by atoms with E-state index in [0.29, 0.717) is 172 Å². The summed E-state index contributed by atoms with van der Waals surface area (Å²) in [6, 6.07) is 0. The van der Waals surface area contributed by atoms with Gasteiger partial charge in [0.2, 0.25) is 0 Å². The van der Waals surface area contributed by atoms with E-state index < -0.39 is 6.29 Å². The zero-order chi connectivity index (χ0) is 33.3. The first-order valence-corrected chi connectivity index (χ1v) is 16.2. The van der Waals surface area contributed by atoms with Gasteiger partial charge in [-0.1, -0.05) is 0 Å². The second kappa shape index (κ2) is 42.4. The monoisotopic (exact) mass is 678 g/mol. The van der Waals surface area contributed by atoms with Crippen molar-refractivity contribution in [2.45, 2.75) is 13.2 Å². The number of hydrogen-bond acceptors (Lipinski definition) is 16. The molecule has 2 N–H and O–H groups in total. The van der Waals surface area contributed by atoms with Gasteiger partial charge in [-0.3, -0.25) is 0 Å². The summed E-state index contributed by atoms with van der Waals surface area (Å²) in [6.45, 7) is 14.4. The predicted molar refractivity (Wildman–Crippen MR) is 165 cm³/mol. The Balaban J connectivity index is 3.05. The number of ether oxygens (including phenoxy) is 14. The van der Waals surface area contributed by atoms with Gasteiger partial charge in [0.25, 0.3) is 0 Å². The average Bonchev–Trinajstić information content (AvgIpc) is 3.06. The van der Waals surface area contributed by atoms with Gasteiger partial charge in [-0.2, -0.15) is 0 Å². The maximum atomic E-state index is 9.33. The molecule has 0 aliphatic heterocycles. The highest BCUT2D eigenvalue weighted by Crippen LogP contribution is 1.90. The fraction of sp³-hybridized carbons (Fsp3) is 1.00. The second-order valence-electron chi connectivity index (χ2n) is 9.06. The topological polar surface area (TPSA) is 170 Å². The summed E-state index contributed by atoms with van der Waals surface area (Å²) in [7, 11) is 0. The molecule has 0 aromatic heterocycles. The van der Waals surface area contributed by atoms with Crippen LogP contribution < -0.4 is 0 Å². The SMILES string of the molecule is CCOC(O)COCCOCCOCCOCCOCCOCCOCCOCCOCCOCCOCCOCCOCCO. The van der Waals surface area contributed by atoms with E-state index in [2.05, 4.69) is 0 Å². The third kappa shape index (κ3) is 41.4. The summed E-state index contributed by atoms with van der Waals surface area (Å²) in [6.07, 6.45) is -0.890. The van der Waals surface area contributed by atoms with E-state index in [9.17, 15) is 5.11 Å². The van der Waals surface area contributed by atoms with Crippen LogP contribution >= 0.6 is 0 Å². The van der Waals surface area contributed by atoms with E-state index in [-0.39, 0.29) is 13.2 Å². The first-order valence-electron chi connectivity index (χ1n) is 16.2. The van der Waals surface area contributed by atoms with Crippen LogP contribution in [0.5, 0.6) is 0 Å². The Kier molecular flexibility index (Phi) is 41.8. The van der Waals surface area contributed by atoms with E-state index in [1.54, 1.807) is 0 Å². The Hall–Kier alpha value is -0.640. The minimum atomic E-state index is -0.890. The summed E-state index contributed by atoms with van der Waals surface area (Å²) in [5.41, 5.74) is 0. The summed E-state index contributed by atoms with van der Waals surface area (Å²) in [5, 5.41) is 17.9. The normalized spacial score (nSPS) is 12.3. The highest BCUT2D eigenvalue weighted by atomic mass is 16.6. The minimum Gasteiger partial charge on any atom is -0.394 e. The van der Waals surface area contributed by atoms with Crippen LogP contribution in [-0.2, 0) is 66.3 Å². The van der Waals surface area contributed by atoms with Crippen molar-refractivity contribution in [2.24, 2.45) is 0 Å². The molecule has 278 valence electrons. The third-order valence-corrected chi connectivity index (χ3v) is 5.32. The molecule has 0 aromatic rings. The molecule has 0 saturated heterocycles. The fourth-order valence-electron chi connectivity index (χ4n) is 3.13. The van der Waals surface area contributed by atoms with Crippen molar-refractivity contribution in [1.82, 2.24) is 0 Å². The minimum absolute atomic E-state index is 0.0221. The van der Waals surface area contributed by atoms with Crippen molar-refractivity contribution in [2.75, 3.05) is 185 Å². The number of hydrogen-bond donors (Lipinski definition) is 2. The molecule has 1 atom stereocenters. The van der Waals surface area contributed by atoms with Crippen LogP contribution in [0.4, 0.5) is 0 Å². The maximum Gasteiger partial charge on any atom is 0.178 e. The molecule has 0 heterocycles. The van der Waals surface area contributed by atoms with Crippen molar-refractivity contribution in [3.05, 3.63) is 0 Å². The van der Waals surface area contributed by atoms with Gasteiger partial charge in [-0.25, -0.2) is 0 Å². The van der Waals surface area contributed by atoms with Gasteiger partial charge >= 0.3 is 0 Å². The molecule has 0 rings (SSSR count). The predicted octanol–water partition coefficient (Wildman–Crippen LogP) is -0.451. The largest absolute Gasteiger partial charge is 0.394 e. The van der Waals surface area contributed by atoms with E-state index >= 15 is 0 Å². The Labute approximate surface area is 275 Å². The number of aliphatic hydroxyl groups is 2. The van der Waals surface area contributed by atoms with Crippen LogP contribution in [0.3, 0.4) is 0 Å². The molecule has 1 unspecified atom stereocenters. The van der Waals surface area contributed by atoms with Crippen LogP contribution in [0.25, 0.3) is 0 Å². The van der Waals surface area contributed by atoms with Gasteiger partial charge in [0.05, 0.1) is 178 Å². The molecule has 0 aromatic carbocycles. The van der Waals surface area contributed by atoms with Gasteiger partial charge < -0.3 is 76.5 Å². The highest BCUT2D eigenvalue weighted by molar-refractivity contribution is 4.40. The zero-order valence-corrected chi connectivity index (χ0v) is 28.0. The Morgan fingerprint density at radius 3 is 0.717 bits per heavy atom. The smallest absolute Gasteiger partial charge is 0.178 e. The molecular weight excluding hydrogens is 616 g/mol. The lowest BCUT2D eigenvalue weighted by Gasteiger charge is -2.11. The lowest BCUT2D eigenvalue weighted by atomic mass is 10.6. The summed E-state index contributed by atoms with van der Waals surface area (Å²) >= 11 is 0. The molecule has 0 radical (unpaired) electrons. The molecule has 0 fully saturated rings. The summed E-state index contributed by atoms with van der Waals surface area (Å²) in [4.78, 5) is 0. The number of rotatable bonds is 42. The van der Waals surface area contributed by atoms with E-state index in [1.807, 2.05) is 6.92 Å². The molecule has 46 heavy (non-hydrogen) atoms. The van der Waals surface area contributed by atoms with Crippen LogP contribution in [-0.4, -0.2) is 201 Å². The molecule has 0 saturated carbocycles. The van der Waals surface area contributed by atoms with E-state index in [1.165, 1.54) is 0 Å². The molecule has 0 amide bonds. The highest BCUT2D eigenvalue weighted by Gasteiger charge is 2.02. The molecule has 0 aliphatic rings. The van der Waals surface area contributed by atoms with Crippen molar-refractivity contribution in [3.63, 3.8) is 0 Å². The molecule has 0 spiro atoms. The van der Waals surface area contributed by atoms with Gasteiger partial charge in [0.15, 0.2) is 6.29 Å². The zero-order valence-electron chi connectivity index (χ0n) is 28.0. The van der Waals surface area contributed by atoms with Crippen molar-refractivity contribution >= 4 is 0 Å². The van der Waals surface area contributed by atoms with Crippen molar-refractivity contribution < 1.29 is 76.5 Å². The lowest BCUT2D eigenvalue weighted by molar-refractivity contribution is -0.138. The fourth-order valence-corrected chi connectivity index (χ4v) is 3.13. The first kappa shape index (κ1) is 45.4. The van der Waals surface area contributed by atoms with Gasteiger partial charge in [-0.05, 0) is 6.92 Å². The molecule has 16 nitrogen and oxygen atoms in total. The van der Waals surface area contributed by atoms with Crippen molar-refractivity contribution in [1.29, 1.82) is 0 Å². The lowest BCUT2D eigenvalue weighted by Crippen LogP contribution is -2.20.